The van der Waals surface area contributed by atoms with Gasteiger partial charge in [0.05, 0.1) is 11.3 Å². The van der Waals surface area contributed by atoms with Crippen LogP contribution < -0.4 is 0 Å². The van der Waals surface area contributed by atoms with Crippen LogP contribution >= 0.6 is 0 Å². The molecule has 1 aromatic heterocycles. The average molecular weight is 253 g/mol. The number of nitrogens with zero attached hydrogens (tertiary/aromatic N) is 1. The zero-order valence-corrected chi connectivity index (χ0v) is 10.7. The van der Waals surface area contributed by atoms with Gasteiger partial charge in [-0.05, 0) is 25.1 Å². The smallest absolute Gasteiger partial charge is 0.153 e. The van der Waals surface area contributed by atoms with Gasteiger partial charge in [-0.15, -0.1) is 0 Å². The van der Waals surface area contributed by atoms with Gasteiger partial charge < -0.3 is 9.67 Å². The van der Waals surface area contributed by atoms with Gasteiger partial charge in [0, 0.05) is 29.9 Å². The summed E-state index contributed by atoms with van der Waals surface area (Å²) in [6.45, 7) is 2.63. The lowest BCUT2D eigenvalue weighted by Crippen LogP contribution is -2.07. The number of phenolic OH excluding ortho intramolecular Hbond substituents is 1. The summed E-state index contributed by atoms with van der Waals surface area (Å²) in [5.41, 5.74) is 1.63. The van der Waals surface area contributed by atoms with Crippen molar-refractivity contribution in [3.05, 3.63) is 30.0 Å². The van der Waals surface area contributed by atoms with E-state index in [2.05, 4.69) is 0 Å². The minimum atomic E-state index is -3.05. The first-order valence-electron chi connectivity index (χ1n) is 5.39. The van der Waals surface area contributed by atoms with Crippen LogP contribution in [0.2, 0.25) is 0 Å². The molecule has 0 atom stereocenters. The summed E-state index contributed by atoms with van der Waals surface area (Å²) >= 11 is 0. The van der Waals surface area contributed by atoms with Gasteiger partial charge in [-0.1, -0.05) is 0 Å². The maximum atomic E-state index is 11.3. The number of hydrogen-bond donors (Lipinski definition) is 1. The Labute approximate surface area is 100 Å². The van der Waals surface area contributed by atoms with Gasteiger partial charge >= 0.3 is 0 Å². The number of aromatic hydroxyl groups is 1. The van der Waals surface area contributed by atoms with E-state index in [0.717, 1.165) is 16.6 Å². The van der Waals surface area contributed by atoms with E-state index < -0.39 is 9.84 Å². The summed E-state index contributed by atoms with van der Waals surface area (Å²) < 4.78 is 24.6. The molecule has 0 aliphatic carbocycles. The van der Waals surface area contributed by atoms with E-state index in [-0.39, 0.29) is 11.5 Å². The molecule has 0 unspecified atom stereocenters. The van der Waals surface area contributed by atoms with Crippen LogP contribution in [-0.4, -0.2) is 24.3 Å². The van der Waals surface area contributed by atoms with Crippen molar-refractivity contribution < 1.29 is 13.5 Å². The van der Waals surface area contributed by atoms with E-state index in [4.69, 9.17) is 0 Å². The summed E-state index contributed by atoms with van der Waals surface area (Å²) in [7, 11) is -3.05. The van der Waals surface area contributed by atoms with Crippen molar-refractivity contribution >= 4 is 20.7 Å². The Bertz CT molecular complexity index is 656. The van der Waals surface area contributed by atoms with Crippen LogP contribution in [0.15, 0.2) is 24.3 Å². The topological polar surface area (TPSA) is 59.3 Å². The predicted octanol–water partition coefficient (Wildman–Crippen LogP) is 1.91. The lowest BCUT2D eigenvalue weighted by Gasteiger charge is -2.06. The van der Waals surface area contributed by atoms with E-state index >= 15 is 0 Å². The number of aryl methyl sites for hydroxylation is 1. The third-order valence-corrected chi connectivity index (χ3v) is 3.52. The molecule has 0 amide bonds. The first-order chi connectivity index (χ1) is 7.90. The highest BCUT2D eigenvalue weighted by atomic mass is 32.2. The van der Waals surface area contributed by atoms with Crippen molar-refractivity contribution in [3.8, 4) is 5.75 Å². The zero-order valence-electron chi connectivity index (χ0n) is 9.84. The van der Waals surface area contributed by atoms with Gasteiger partial charge in [-0.25, -0.2) is 8.42 Å². The molecule has 0 fully saturated rings. The van der Waals surface area contributed by atoms with Gasteiger partial charge in [-0.2, -0.15) is 0 Å². The van der Waals surface area contributed by atoms with Gasteiger partial charge in [0.2, 0.25) is 0 Å². The molecule has 1 N–H and O–H groups in total. The van der Waals surface area contributed by atoms with Crippen molar-refractivity contribution in [2.24, 2.45) is 0 Å². The molecule has 4 nitrogen and oxygen atoms in total. The Morgan fingerprint density at radius 1 is 1.29 bits per heavy atom. The molecule has 0 bridgehead atoms. The summed E-state index contributed by atoms with van der Waals surface area (Å²) in [5, 5.41) is 10.4. The molecule has 5 heteroatoms. The van der Waals surface area contributed by atoms with Crippen molar-refractivity contribution in [1.82, 2.24) is 4.57 Å². The predicted molar refractivity (Wildman–Crippen MR) is 67.8 cm³/mol. The number of aromatic nitrogens is 1. The van der Waals surface area contributed by atoms with Crippen molar-refractivity contribution in [3.63, 3.8) is 0 Å². The molecular weight excluding hydrogens is 238 g/mol. The van der Waals surface area contributed by atoms with Crippen LogP contribution in [0.1, 0.15) is 12.6 Å². The molecule has 1 aromatic carbocycles. The van der Waals surface area contributed by atoms with Crippen LogP contribution in [0, 0.1) is 0 Å². The highest BCUT2D eigenvalue weighted by molar-refractivity contribution is 7.89. The fourth-order valence-electron chi connectivity index (χ4n) is 2.06. The second-order valence-electron chi connectivity index (χ2n) is 4.19. The van der Waals surface area contributed by atoms with Crippen molar-refractivity contribution in [2.75, 3.05) is 6.26 Å². The highest BCUT2D eigenvalue weighted by Gasteiger charge is 2.12. The van der Waals surface area contributed by atoms with Crippen LogP contribution in [0.4, 0.5) is 0 Å². The molecule has 0 saturated heterocycles. The maximum absolute atomic E-state index is 11.3. The van der Waals surface area contributed by atoms with Crippen LogP contribution in [0.25, 0.3) is 10.9 Å². The van der Waals surface area contributed by atoms with Crippen LogP contribution in [0.5, 0.6) is 5.75 Å². The van der Waals surface area contributed by atoms with E-state index in [0.29, 0.717) is 6.54 Å². The van der Waals surface area contributed by atoms with Crippen LogP contribution in [0.3, 0.4) is 0 Å². The molecule has 0 spiro atoms. The first-order valence-corrected chi connectivity index (χ1v) is 7.45. The Kier molecular flexibility index (Phi) is 2.87. The third-order valence-electron chi connectivity index (χ3n) is 2.70. The summed E-state index contributed by atoms with van der Waals surface area (Å²) in [5.74, 6) is 0.215. The molecule has 0 radical (unpaired) electrons. The van der Waals surface area contributed by atoms with E-state index in [9.17, 15) is 13.5 Å². The number of hydrogen-bond acceptors (Lipinski definition) is 3. The third kappa shape index (κ3) is 2.44. The first kappa shape index (κ1) is 12.0. The molecule has 92 valence electrons. The fraction of sp³-hybridized carbons (Fsp3) is 0.333. The van der Waals surface area contributed by atoms with Gasteiger partial charge in [-0.3, -0.25) is 0 Å². The molecule has 0 aliphatic rings. The van der Waals surface area contributed by atoms with E-state index in [1.807, 2.05) is 17.6 Å². The number of benzene rings is 1. The minimum Gasteiger partial charge on any atom is -0.508 e. The molecular formula is C12H15NO3S. The number of sulfone groups is 1. The number of fused-ring (bicyclic) bond motifs is 1. The molecule has 2 rings (SSSR count). The number of rotatable bonds is 3. The Balaban J connectivity index is 2.64. The van der Waals surface area contributed by atoms with Gasteiger partial charge in [0.1, 0.15) is 5.75 Å². The minimum absolute atomic E-state index is 0.0241. The van der Waals surface area contributed by atoms with Gasteiger partial charge in [0.25, 0.3) is 0 Å². The Hall–Kier alpha value is -1.49. The fourth-order valence-corrected chi connectivity index (χ4v) is 2.84. The largest absolute Gasteiger partial charge is 0.508 e. The molecule has 0 aliphatic heterocycles. The monoisotopic (exact) mass is 253 g/mol. The average Bonchev–Trinajstić information content (AvgIpc) is 2.51. The quantitative estimate of drug-likeness (QED) is 0.909. The standard InChI is InChI=1S/C12H15NO3S/c1-3-13-10(8-17(2,15)16)6-9-4-5-11(14)7-12(9)13/h4-7,14H,3,8H2,1-2H3. The molecule has 17 heavy (non-hydrogen) atoms. The lowest BCUT2D eigenvalue weighted by atomic mass is 10.2. The Morgan fingerprint density at radius 3 is 2.59 bits per heavy atom. The molecule has 1 heterocycles. The van der Waals surface area contributed by atoms with Crippen molar-refractivity contribution in [1.29, 1.82) is 0 Å². The van der Waals surface area contributed by atoms with Gasteiger partial charge in [0.15, 0.2) is 9.84 Å². The second-order valence-corrected chi connectivity index (χ2v) is 6.33. The SMILES string of the molecule is CCn1c(CS(C)(=O)=O)cc2ccc(O)cc21. The van der Waals surface area contributed by atoms with E-state index in [1.54, 1.807) is 18.2 Å². The van der Waals surface area contributed by atoms with Crippen molar-refractivity contribution in [2.45, 2.75) is 19.2 Å². The summed E-state index contributed by atoms with van der Waals surface area (Å²) in [6, 6.07) is 6.92. The Morgan fingerprint density at radius 2 is 2.00 bits per heavy atom. The second kappa shape index (κ2) is 4.07. The molecule has 2 aromatic rings. The summed E-state index contributed by atoms with van der Waals surface area (Å²) in [4.78, 5) is 0. The lowest BCUT2D eigenvalue weighted by molar-refractivity contribution is 0.476. The molecule has 0 saturated carbocycles. The summed E-state index contributed by atoms with van der Waals surface area (Å²) in [6.07, 6.45) is 1.22. The van der Waals surface area contributed by atoms with Crippen LogP contribution in [-0.2, 0) is 22.1 Å². The number of phenols is 1. The maximum Gasteiger partial charge on any atom is 0.153 e. The zero-order chi connectivity index (χ0) is 12.6. The normalized spacial score (nSPS) is 12.1. The van der Waals surface area contributed by atoms with E-state index in [1.165, 1.54) is 6.26 Å². The highest BCUT2D eigenvalue weighted by Crippen LogP contribution is 2.25.